The van der Waals surface area contributed by atoms with E-state index in [9.17, 15) is 26.4 Å². The zero-order valence-corrected chi connectivity index (χ0v) is 15.4. The van der Waals surface area contributed by atoms with Gasteiger partial charge in [-0.05, 0) is 29.8 Å². The smallest absolute Gasteiger partial charge is 0.314 e. The molecule has 2 saturated heterocycles. The standard InChI is InChI=1S/C19H17F3N2O3S/c20-19(21,22)14-6-4-5-13(9-14)10-23-16-11-28(26,27)12-17(16)24(18(23)25)15-7-2-1-3-8-15/h1-9,16-17H,10-12H2/t16-,17+/m0/s1. The molecule has 2 aliphatic rings. The third-order valence-electron chi connectivity index (χ3n) is 5.12. The molecule has 2 atom stereocenters. The van der Waals surface area contributed by atoms with Crippen LogP contribution in [0.1, 0.15) is 11.1 Å². The van der Waals surface area contributed by atoms with Gasteiger partial charge in [-0.25, -0.2) is 13.2 Å². The van der Waals surface area contributed by atoms with E-state index in [0.717, 1.165) is 12.1 Å². The van der Waals surface area contributed by atoms with Gasteiger partial charge in [-0.1, -0.05) is 30.3 Å². The third kappa shape index (κ3) is 3.34. The van der Waals surface area contributed by atoms with E-state index < -0.39 is 39.7 Å². The van der Waals surface area contributed by atoms with Gasteiger partial charge in [0.2, 0.25) is 0 Å². The van der Waals surface area contributed by atoms with Crippen molar-refractivity contribution in [2.24, 2.45) is 0 Å². The highest BCUT2D eigenvalue weighted by Gasteiger charge is 2.53. The van der Waals surface area contributed by atoms with Gasteiger partial charge in [0.25, 0.3) is 0 Å². The second-order valence-corrected chi connectivity index (χ2v) is 9.18. The maximum absolute atomic E-state index is 13.1. The SMILES string of the molecule is O=C1N(Cc2cccc(C(F)(F)F)c2)[C@H]2CS(=O)(=O)C[C@H]2N1c1ccccc1. The third-order valence-corrected chi connectivity index (χ3v) is 6.82. The Balaban J connectivity index is 1.68. The van der Waals surface area contributed by atoms with Crippen molar-refractivity contribution >= 4 is 21.6 Å². The van der Waals surface area contributed by atoms with Crippen LogP contribution in [0.2, 0.25) is 0 Å². The zero-order chi connectivity index (χ0) is 20.1. The van der Waals surface area contributed by atoms with Gasteiger partial charge in [-0.2, -0.15) is 13.2 Å². The lowest BCUT2D eigenvalue weighted by Gasteiger charge is -2.23. The molecule has 28 heavy (non-hydrogen) atoms. The highest BCUT2D eigenvalue weighted by atomic mass is 32.2. The molecule has 0 aromatic heterocycles. The predicted molar refractivity (Wildman–Crippen MR) is 97.5 cm³/mol. The first kappa shape index (κ1) is 18.8. The van der Waals surface area contributed by atoms with E-state index >= 15 is 0 Å². The number of hydrogen-bond acceptors (Lipinski definition) is 3. The van der Waals surface area contributed by atoms with Crippen molar-refractivity contribution in [2.75, 3.05) is 16.4 Å². The van der Waals surface area contributed by atoms with Gasteiger partial charge >= 0.3 is 12.2 Å². The fraction of sp³-hybridized carbons (Fsp3) is 0.316. The van der Waals surface area contributed by atoms with Crippen LogP contribution < -0.4 is 4.90 Å². The van der Waals surface area contributed by atoms with Gasteiger partial charge in [0.1, 0.15) is 0 Å². The van der Waals surface area contributed by atoms with E-state index in [1.807, 2.05) is 0 Å². The van der Waals surface area contributed by atoms with E-state index in [-0.39, 0.29) is 18.1 Å². The molecular formula is C19H17F3N2O3S. The highest BCUT2D eigenvalue weighted by Crippen LogP contribution is 2.36. The molecule has 0 saturated carbocycles. The van der Waals surface area contributed by atoms with Crippen LogP contribution in [-0.2, 0) is 22.6 Å². The molecule has 148 valence electrons. The fourth-order valence-corrected chi connectivity index (χ4v) is 5.85. The van der Waals surface area contributed by atoms with Gasteiger partial charge in [0.15, 0.2) is 9.84 Å². The van der Waals surface area contributed by atoms with Gasteiger partial charge in [-0.3, -0.25) is 4.90 Å². The van der Waals surface area contributed by atoms with Crippen molar-refractivity contribution in [1.29, 1.82) is 0 Å². The average molecular weight is 410 g/mol. The Morgan fingerprint density at radius 2 is 1.64 bits per heavy atom. The first-order valence-corrected chi connectivity index (χ1v) is 10.5. The number of hydrogen-bond donors (Lipinski definition) is 0. The summed E-state index contributed by atoms with van der Waals surface area (Å²) < 4.78 is 63.4. The predicted octanol–water partition coefficient (Wildman–Crippen LogP) is 3.31. The van der Waals surface area contributed by atoms with Crippen LogP contribution in [0.3, 0.4) is 0 Å². The molecule has 0 spiro atoms. The van der Waals surface area contributed by atoms with Crippen LogP contribution in [0.25, 0.3) is 0 Å². The number of nitrogens with zero attached hydrogens (tertiary/aromatic N) is 2. The number of amides is 2. The molecule has 0 aliphatic carbocycles. The Hall–Kier alpha value is -2.55. The number of sulfone groups is 1. The molecule has 0 radical (unpaired) electrons. The molecule has 2 fully saturated rings. The first-order valence-electron chi connectivity index (χ1n) is 8.67. The number of urea groups is 1. The number of anilines is 1. The average Bonchev–Trinajstić information content (AvgIpc) is 3.06. The Bertz CT molecular complexity index is 1010. The Labute approximate surface area is 160 Å². The maximum Gasteiger partial charge on any atom is 0.416 e. The lowest BCUT2D eigenvalue weighted by Crippen LogP contribution is -2.37. The Morgan fingerprint density at radius 1 is 0.964 bits per heavy atom. The normalized spacial score (nSPS) is 23.9. The van der Waals surface area contributed by atoms with Crippen LogP contribution in [-0.4, -0.2) is 42.9 Å². The Morgan fingerprint density at radius 3 is 2.32 bits per heavy atom. The van der Waals surface area contributed by atoms with Crippen molar-refractivity contribution in [3.05, 3.63) is 65.7 Å². The quantitative estimate of drug-likeness (QED) is 0.730. The lowest BCUT2D eigenvalue weighted by atomic mass is 10.1. The molecular weight excluding hydrogens is 393 g/mol. The molecule has 0 unspecified atom stereocenters. The number of benzene rings is 2. The first-order chi connectivity index (χ1) is 13.2. The van der Waals surface area contributed by atoms with E-state index in [1.165, 1.54) is 21.9 Å². The minimum absolute atomic E-state index is 0.0806. The summed E-state index contributed by atoms with van der Waals surface area (Å²) in [5.74, 6) is -0.344. The monoisotopic (exact) mass is 410 g/mol. The van der Waals surface area contributed by atoms with Gasteiger partial charge in [0.05, 0.1) is 29.2 Å². The fourth-order valence-electron chi connectivity index (χ4n) is 3.90. The Kier molecular flexibility index (Phi) is 4.37. The molecule has 0 N–H and O–H groups in total. The summed E-state index contributed by atoms with van der Waals surface area (Å²) in [6.45, 7) is -0.0806. The molecule has 2 heterocycles. The van der Waals surface area contributed by atoms with Crippen molar-refractivity contribution in [3.63, 3.8) is 0 Å². The molecule has 2 aromatic rings. The summed E-state index contributed by atoms with van der Waals surface area (Å²) in [6, 6.07) is 11.9. The minimum Gasteiger partial charge on any atom is -0.314 e. The summed E-state index contributed by atoms with van der Waals surface area (Å²) in [5, 5.41) is 0. The van der Waals surface area contributed by atoms with Crippen LogP contribution in [0.4, 0.5) is 23.7 Å². The summed E-state index contributed by atoms with van der Waals surface area (Å²) in [4.78, 5) is 15.9. The molecule has 2 aliphatic heterocycles. The van der Waals surface area contributed by atoms with E-state index in [1.54, 1.807) is 30.3 Å². The molecule has 0 bridgehead atoms. The number of carbonyl (C=O) groups is 1. The van der Waals surface area contributed by atoms with Crippen molar-refractivity contribution in [3.8, 4) is 0 Å². The summed E-state index contributed by atoms with van der Waals surface area (Å²) in [6.07, 6.45) is -4.49. The van der Waals surface area contributed by atoms with Crippen LogP contribution in [0.15, 0.2) is 54.6 Å². The van der Waals surface area contributed by atoms with E-state index in [2.05, 4.69) is 0 Å². The van der Waals surface area contributed by atoms with Crippen molar-refractivity contribution < 1.29 is 26.4 Å². The molecule has 2 amide bonds. The van der Waals surface area contributed by atoms with Crippen molar-refractivity contribution in [1.82, 2.24) is 4.90 Å². The number of halogens is 3. The number of carbonyl (C=O) groups excluding carboxylic acids is 1. The van der Waals surface area contributed by atoms with Gasteiger partial charge in [-0.15, -0.1) is 0 Å². The summed E-state index contributed by atoms with van der Waals surface area (Å²) >= 11 is 0. The number of alkyl halides is 3. The second-order valence-electron chi connectivity index (χ2n) is 7.03. The molecule has 2 aromatic carbocycles. The number of fused-ring (bicyclic) bond motifs is 1. The number of para-hydroxylation sites is 1. The topological polar surface area (TPSA) is 57.7 Å². The summed E-state index contributed by atoms with van der Waals surface area (Å²) in [7, 11) is -3.34. The van der Waals surface area contributed by atoms with Gasteiger partial charge in [0, 0.05) is 12.2 Å². The van der Waals surface area contributed by atoms with Gasteiger partial charge < -0.3 is 4.90 Å². The van der Waals surface area contributed by atoms with Crippen molar-refractivity contribution in [2.45, 2.75) is 24.8 Å². The molecule has 4 rings (SSSR count). The van der Waals surface area contributed by atoms with Crippen LogP contribution in [0, 0.1) is 0 Å². The molecule has 9 heteroatoms. The van der Waals surface area contributed by atoms with Crippen LogP contribution in [0.5, 0.6) is 0 Å². The second kappa shape index (κ2) is 6.51. The lowest BCUT2D eigenvalue weighted by molar-refractivity contribution is -0.137. The highest BCUT2D eigenvalue weighted by molar-refractivity contribution is 7.91. The van der Waals surface area contributed by atoms with Crippen LogP contribution >= 0.6 is 0 Å². The minimum atomic E-state index is -4.49. The number of rotatable bonds is 3. The van der Waals surface area contributed by atoms with E-state index in [4.69, 9.17) is 0 Å². The molecule has 5 nitrogen and oxygen atoms in total. The summed E-state index contributed by atoms with van der Waals surface area (Å²) in [5.41, 5.74) is 0.0828. The maximum atomic E-state index is 13.1. The zero-order valence-electron chi connectivity index (χ0n) is 14.6. The van der Waals surface area contributed by atoms with E-state index in [0.29, 0.717) is 11.3 Å². The largest absolute Gasteiger partial charge is 0.416 e.